The quantitative estimate of drug-likeness (QED) is 0.652. The molecular weight excluding hydrogens is 298 g/mol. The van der Waals surface area contributed by atoms with Crippen molar-refractivity contribution in [2.45, 2.75) is 18.9 Å². The lowest BCUT2D eigenvalue weighted by Gasteiger charge is -2.17. The Morgan fingerprint density at radius 1 is 1.10 bits per heavy atom. The molecule has 106 valence electrons. The first-order valence-corrected chi connectivity index (χ1v) is 6.98. The lowest BCUT2D eigenvalue weighted by atomic mass is 9.99. The van der Waals surface area contributed by atoms with Crippen molar-refractivity contribution in [3.8, 4) is 0 Å². The van der Waals surface area contributed by atoms with Crippen LogP contribution in [0.2, 0.25) is 10.0 Å². The number of hydrogen-bond donors (Lipinski definition) is 2. The highest BCUT2D eigenvalue weighted by Crippen LogP contribution is 2.20. The summed E-state index contributed by atoms with van der Waals surface area (Å²) < 4.78 is 13.3. The number of hydrazine groups is 1. The van der Waals surface area contributed by atoms with Crippen LogP contribution in [0.25, 0.3) is 0 Å². The van der Waals surface area contributed by atoms with Gasteiger partial charge >= 0.3 is 0 Å². The molecule has 0 aliphatic carbocycles. The highest BCUT2D eigenvalue weighted by Gasteiger charge is 2.12. The first-order chi connectivity index (χ1) is 9.58. The molecule has 0 aliphatic heterocycles. The molecule has 0 aromatic heterocycles. The van der Waals surface area contributed by atoms with Crippen LogP contribution >= 0.6 is 23.2 Å². The van der Waals surface area contributed by atoms with Gasteiger partial charge in [-0.25, -0.2) is 4.39 Å². The van der Waals surface area contributed by atoms with Gasteiger partial charge in [-0.1, -0.05) is 35.3 Å². The molecule has 0 spiro atoms. The largest absolute Gasteiger partial charge is 0.271 e. The summed E-state index contributed by atoms with van der Waals surface area (Å²) in [5.74, 6) is 5.27. The number of halogens is 3. The van der Waals surface area contributed by atoms with Gasteiger partial charge in [0.25, 0.3) is 0 Å². The van der Waals surface area contributed by atoms with E-state index in [4.69, 9.17) is 29.0 Å². The van der Waals surface area contributed by atoms with Crippen LogP contribution in [-0.2, 0) is 12.8 Å². The summed E-state index contributed by atoms with van der Waals surface area (Å²) in [6.45, 7) is 0. The zero-order valence-electron chi connectivity index (χ0n) is 10.7. The van der Waals surface area contributed by atoms with Crippen LogP contribution in [0.3, 0.4) is 0 Å². The Balaban J connectivity index is 2.11. The van der Waals surface area contributed by atoms with Gasteiger partial charge in [-0.2, -0.15) is 0 Å². The minimum Gasteiger partial charge on any atom is -0.271 e. The van der Waals surface area contributed by atoms with Crippen molar-refractivity contribution in [1.29, 1.82) is 0 Å². The van der Waals surface area contributed by atoms with Crippen molar-refractivity contribution in [2.24, 2.45) is 5.84 Å². The average Bonchev–Trinajstić information content (AvgIpc) is 2.42. The first-order valence-electron chi connectivity index (χ1n) is 6.23. The second-order valence-electron chi connectivity index (χ2n) is 4.64. The SMILES string of the molecule is NNC(Cc1cccc(Cl)c1)Cc1cc(F)ccc1Cl. The molecule has 2 rings (SSSR count). The van der Waals surface area contributed by atoms with Gasteiger partial charge in [-0.05, 0) is 54.3 Å². The molecule has 2 aromatic carbocycles. The standard InChI is InChI=1S/C15H15Cl2FN2/c16-12-3-1-2-10(6-12)7-14(20-19)9-11-8-13(18)4-5-15(11)17/h1-6,8,14,20H,7,9,19H2. The third kappa shape index (κ3) is 4.18. The molecule has 2 aromatic rings. The Hall–Kier alpha value is -1.13. The van der Waals surface area contributed by atoms with Crippen LogP contribution < -0.4 is 11.3 Å². The molecule has 5 heteroatoms. The van der Waals surface area contributed by atoms with Crippen LogP contribution in [0.15, 0.2) is 42.5 Å². The summed E-state index contributed by atoms with van der Waals surface area (Å²) in [7, 11) is 0. The Labute approximate surface area is 127 Å². The minimum atomic E-state index is -0.303. The maximum absolute atomic E-state index is 13.3. The third-order valence-corrected chi connectivity index (χ3v) is 3.68. The zero-order valence-corrected chi connectivity index (χ0v) is 12.3. The first kappa shape index (κ1) is 15.3. The topological polar surface area (TPSA) is 38.0 Å². The van der Waals surface area contributed by atoms with E-state index < -0.39 is 0 Å². The minimum absolute atomic E-state index is 0.0484. The summed E-state index contributed by atoms with van der Waals surface area (Å²) in [4.78, 5) is 0. The van der Waals surface area contributed by atoms with Crippen molar-refractivity contribution in [1.82, 2.24) is 5.43 Å². The number of nitrogens with two attached hydrogens (primary N) is 1. The fourth-order valence-corrected chi connectivity index (χ4v) is 2.51. The van der Waals surface area contributed by atoms with Gasteiger partial charge in [-0.3, -0.25) is 11.3 Å². The molecule has 0 radical (unpaired) electrons. The highest BCUT2D eigenvalue weighted by molar-refractivity contribution is 6.31. The predicted octanol–water partition coefficient (Wildman–Crippen LogP) is 3.75. The maximum Gasteiger partial charge on any atom is 0.123 e. The van der Waals surface area contributed by atoms with Gasteiger partial charge < -0.3 is 0 Å². The fourth-order valence-electron chi connectivity index (χ4n) is 2.10. The Morgan fingerprint density at radius 3 is 2.60 bits per heavy atom. The monoisotopic (exact) mass is 312 g/mol. The van der Waals surface area contributed by atoms with Gasteiger partial charge in [0, 0.05) is 16.1 Å². The van der Waals surface area contributed by atoms with Crippen molar-refractivity contribution in [3.63, 3.8) is 0 Å². The smallest absolute Gasteiger partial charge is 0.123 e. The van der Waals surface area contributed by atoms with Crippen molar-refractivity contribution in [3.05, 3.63) is 69.5 Å². The Kier molecular flexibility index (Phi) is 5.38. The van der Waals surface area contributed by atoms with Crippen molar-refractivity contribution >= 4 is 23.2 Å². The van der Waals surface area contributed by atoms with Crippen LogP contribution in [0.1, 0.15) is 11.1 Å². The molecule has 1 atom stereocenters. The summed E-state index contributed by atoms with van der Waals surface area (Å²) in [6.07, 6.45) is 1.23. The molecule has 0 aliphatic rings. The number of nitrogens with one attached hydrogen (secondary N) is 1. The number of benzene rings is 2. The van der Waals surface area contributed by atoms with Gasteiger partial charge in [-0.15, -0.1) is 0 Å². The molecule has 2 nitrogen and oxygen atoms in total. The molecule has 0 heterocycles. The average molecular weight is 313 g/mol. The Bertz CT molecular complexity index is 590. The number of rotatable bonds is 5. The van der Waals surface area contributed by atoms with Crippen LogP contribution in [0.4, 0.5) is 4.39 Å². The maximum atomic E-state index is 13.3. The normalized spacial score (nSPS) is 12.4. The second kappa shape index (κ2) is 7.04. The van der Waals surface area contributed by atoms with E-state index in [-0.39, 0.29) is 11.9 Å². The fraction of sp³-hybridized carbons (Fsp3) is 0.200. The molecule has 0 amide bonds. The van der Waals surface area contributed by atoms with E-state index >= 15 is 0 Å². The molecule has 0 bridgehead atoms. The zero-order chi connectivity index (χ0) is 14.5. The lowest BCUT2D eigenvalue weighted by molar-refractivity contribution is 0.520. The molecule has 3 N–H and O–H groups in total. The van der Waals surface area contributed by atoms with E-state index in [1.807, 2.05) is 24.3 Å². The highest BCUT2D eigenvalue weighted by atomic mass is 35.5. The second-order valence-corrected chi connectivity index (χ2v) is 5.48. The predicted molar refractivity (Wildman–Crippen MR) is 81.4 cm³/mol. The van der Waals surface area contributed by atoms with Crippen molar-refractivity contribution in [2.75, 3.05) is 0 Å². The summed E-state index contributed by atoms with van der Waals surface area (Å²) in [5.41, 5.74) is 4.54. The van der Waals surface area contributed by atoms with E-state index in [2.05, 4.69) is 5.43 Å². The molecule has 0 saturated heterocycles. The van der Waals surface area contributed by atoms with E-state index in [0.717, 1.165) is 11.1 Å². The van der Waals surface area contributed by atoms with Gasteiger partial charge in [0.1, 0.15) is 5.82 Å². The van der Waals surface area contributed by atoms with Gasteiger partial charge in [0.05, 0.1) is 0 Å². The summed E-state index contributed by atoms with van der Waals surface area (Å²) in [6, 6.07) is 11.9. The number of hydrogen-bond acceptors (Lipinski definition) is 2. The van der Waals surface area contributed by atoms with Crippen LogP contribution in [0, 0.1) is 5.82 Å². The summed E-state index contributed by atoms with van der Waals surface area (Å²) >= 11 is 12.0. The molecule has 1 unspecified atom stereocenters. The molecule has 0 fully saturated rings. The van der Waals surface area contributed by atoms with Gasteiger partial charge in [0.2, 0.25) is 0 Å². The van der Waals surface area contributed by atoms with Gasteiger partial charge in [0.15, 0.2) is 0 Å². The molecule has 0 saturated carbocycles. The molecule has 20 heavy (non-hydrogen) atoms. The third-order valence-electron chi connectivity index (χ3n) is 3.08. The Morgan fingerprint density at radius 2 is 1.90 bits per heavy atom. The summed E-state index contributed by atoms with van der Waals surface area (Å²) in [5, 5.41) is 1.22. The van der Waals surface area contributed by atoms with E-state index in [9.17, 15) is 4.39 Å². The van der Waals surface area contributed by atoms with E-state index in [0.29, 0.717) is 22.9 Å². The van der Waals surface area contributed by atoms with E-state index in [1.165, 1.54) is 12.1 Å². The molecular formula is C15H15Cl2FN2. The van der Waals surface area contributed by atoms with Crippen molar-refractivity contribution < 1.29 is 4.39 Å². The van der Waals surface area contributed by atoms with E-state index in [1.54, 1.807) is 6.07 Å². The van der Waals surface area contributed by atoms with Crippen LogP contribution in [-0.4, -0.2) is 6.04 Å². The van der Waals surface area contributed by atoms with Crippen LogP contribution in [0.5, 0.6) is 0 Å². The lowest BCUT2D eigenvalue weighted by Crippen LogP contribution is -2.38.